The minimum atomic E-state index is -0.396. The Morgan fingerprint density at radius 3 is 2.41 bits per heavy atom. The van der Waals surface area contributed by atoms with Gasteiger partial charge in [-0.05, 0) is 26.6 Å². The number of hydrogen-bond acceptors (Lipinski definition) is 3. The third-order valence-electron chi connectivity index (χ3n) is 2.79. The molecule has 0 aliphatic heterocycles. The first-order valence-electron chi connectivity index (χ1n) is 5.60. The molecule has 1 aromatic carbocycles. The SMILES string of the molecule is C=CC(=O)O[C@H](c1ccccc1)[C@H](C)N(C)C. The maximum Gasteiger partial charge on any atom is 0.330 e. The summed E-state index contributed by atoms with van der Waals surface area (Å²) in [4.78, 5) is 13.4. The lowest BCUT2D eigenvalue weighted by Crippen LogP contribution is -2.33. The van der Waals surface area contributed by atoms with Gasteiger partial charge >= 0.3 is 5.97 Å². The van der Waals surface area contributed by atoms with Crippen LogP contribution >= 0.6 is 0 Å². The molecule has 0 fully saturated rings. The van der Waals surface area contributed by atoms with Gasteiger partial charge < -0.3 is 9.64 Å². The van der Waals surface area contributed by atoms with Gasteiger partial charge in [0, 0.05) is 12.1 Å². The summed E-state index contributed by atoms with van der Waals surface area (Å²) >= 11 is 0. The van der Waals surface area contributed by atoms with Crippen molar-refractivity contribution in [3.63, 3.8) is 0 Å². The fraction of sp³-hybridized carbons (Fsp3) is 0.357. The van der Waals surface area contributed by atoms with Gasteiger partial charge in [0.1, 0.15) is 6.10 Å². The second kappa shape index (κ2) is 6.21. The standard InChI is InChI=1S/C14H19NO2/c1-5-13(16)17-14(11(2)15(3)4)12-9-7-6-8-10-12/h5-11,14H,1H2,2-4H3/t11-,14-/m0/s1. The van der Waals surface area contributed by atoms with Gasteiger partial charge in [0.15, 0.2) is 0 Å². The number of nitrogens with zero attached hydrogens (tertiary/aromatic N) is 1. The van der Waals surface area contributed by atoms with Crippen LogP contribution in [-0.2, 0) is 9.53 Å². The molecule has 17 heavy (non-hydrogen) atoms. The van der Waals surface area contributed by atoms with Gasteiger partial charge in [0.25, 0.3) is 0 Å². The molecule has 0 saturated carbocycles. The fourth-order valence-corrected chi connectivity index (χ4v) is 1.53. The van der Waals surface area contributed by atoms with Crippen LogP contribution in [0.5, 0.6) is 0 Å². The Bertz CT molecular complexity index is 373. The Morgan fingerprint density at radius 1 is 1.35 bits per heavy atom. The molecule has 0 unspecified atom stereocenters. The zero-order chi connectivity index (χ0) is 12.8. The lowest BCUT2D eigenvalue weighted by Gasteiger charge is -2.29. The van der Waals surface area contributed by atoms with Crippen LogP contribution in [0.25, 0.3) is 0 Å². The molecule has 0 radical (unpaired) electrons. The average molecular weight is 233 g/mol. The number of carbonyl (C=O) groups is 1. The molecule has 92 valence electrons. The van der Waals surface area contributed by atoms with Gasteiger partial charge in [0.05, 0.1) is 0 Å². The van der Waals surface area contributed by atoms with Crippen molar-refractivity contribution in [2.24, 2.45) is 0 Å². The van der Waals surface area contributed by atoms with Gasteiger partial charge in [-0.1, -0.05) is 36.9 Å². The largest absolute Gasteiger partial charge is 0.453 e. The highest BCUT2D eigenvalue weighted by Gasteiger charge is 2.23. The lowest BCUT2D eigenvalue weighted by molar-refractivity contribution is -0.146. The Labute approximate surface area is 103 Å². The number of likely N-dealkylation sites (N-methyl/N-ethyl adjacent to an activating group) is 1. The predicted molar refractivity (Wildman–Crippen MR) is 68.6 cm³/mol. The zero-order valence-corrected chi connectivity index (χ0v) is 10.6. The molecule has 1 rings (SSSR count). The average Bonchev–Trinajstić information content (AvgIpc) is 2.35. The number of hydrogen-bond donors (Lipinski definition) is 0. The highest BCUT2D eigenvalue weighted by molar-refractivity contribution is 5.81. The molecule has 3 heteroatoms. The first-order valence-corrected chi connectivity index (χ1v) is 5.60. The molecule has 0 heterocycles. The number of esters is 1. The van der Waals surface area contributed by atoms with E-state index in [0.717, 1.165) is 5.56 Å². The zero-order valence-electron chi connectivity index (χ0n) is 10.6. The van der Waals surface area contributed by atoms with E-state index in [9.17, 15) is 4.79 Å². The van der Waals surface area contributed by atoms with Crippen molar-refractivity contribution in [2.45, 2.75) is 19.1 Å². The number of carbonyl (C=O) groups excluding carboxylic acids is 1. The van der Waals surface area contributed by atoms with Crippen LogP contribution in [0.4, 0.5) is 0 Å². The number of ether oxygens (including phenoxy) is 1. The molecule has 0 saturated heterocycles. The van der Waals surface area contributed by atoms with E-state index >= 15 is 0 Å². The highest BCUT2D eigenvalue weighted by Crippen LogP contribution is 2.23. The van der Waals surface area contributed by atoms with Gasteiger partial charge in [0.2, 0.25) is 0 Å². The van der Waals surface area contributed by atoms with Crippen molar-refractivity contribution >= 4 is 5.97 Å². The topological polar surface area (TPSA) is 29.5 Å². The van der Waals surface area contributed by atoms with E-state index in [1.807, 2.05) is 56.3 Å². The number of benzene rings is 1. The highest BCUT2D eigenvalue weighted by atomic mass is 16.5. The Kier molecular flexibility index (Phi) is 4.91. The molecular formula is C14H19NO2. The van der Waals surface area contributed by atoms with Crippen molar-refractivity contribution in [3.05, 3.63) is 48.6 Å². The predicted octanol–water partition coefficient (Wildman–Crippen LogP) is 2.41. The molecule has 0 amide bonds. The molecule has 2 atom stereocenters. The molecule has 0 spiro atoms. The summed E-state index contributed by atoms with van der Waals surface area (Å²) in [5.74, 6) is -0.396. The first-order chi connectivity index (χ1) is 8.06. The van der Waals surface area contributed by atoms with Gasteiger partial charge in [-0.25, -0.2) is 4.79 Å². The first kappa shape index (κ1) is 13.5. The Morgan fingerprint density at radius 2 is 1.94 bits per heavy atom. The monoisotopic (exact) mass is 233 g/mol. The summed E-state index contributed by atoms with van der Waals surface area (Å²) in [5, 5.41) is 0. The Hall–Kier alpha value is -1.61. The second-order valence-corrected chi connectivity index (χ2v) is 4.18. The second-order valence-electron chi connectivity index (χ2n) is 4.18. The molecule has 0 aliphatic carbocycles. The quantitative estimate of drug-likeness (QED) is 0.578. The fourth-order valence-electron chi connectivity index (χ4n) is 1.53. The number of rotatable bonds is 5. The Balaban J connectivity index is 2.94. The van der Waals surface area contributed by atoms with Crippen molar-refractivity contribution in [3.8, 4) is 0 Å². The summed E-state index contributed by atoms with van der Waals surface area (Å²) in [6.07, 6.45) is 0.912. The third-order valence-corrected chi connectivity index (χ3v) is 2.79. The van der Waals surface area contributed by atoms with Crippen LogP contribution in [0.2, 0.25) is 0 Å². The van der Waals surface area contributed by atoms with Crippen molar-refractivity contribution in [1.29, 1.82) is 0 Å². The summed E-state index contributed by atoms with van der Waals surface area (Å²) in [6, 6.07) is 9.83. The summed E-state index contributed by atoms with van der Waals surface area (Å²) in [5.41, 5.74) is 0.990. The van der Waals surface area contributed by atoms with Crippen LogP contribution in [0, 0.1) is 0 Å². The molecule has 0 aliphatic rings. The molecule has 3 nitrogen and oxygen atoms in total. The lowest BCUT2D eigenvalue weighted by atomic mass is 10.0. The van der Waals surface area contributed by atoms with E-state index in [1.54, 1.807) is 0 Å². The molecule has 0 bridgehead atoms. The molecular weight excluding hydrogens is 214 g/mol. The van der Waals surface area contributed by atoms with Gasteiger partial charge in [-0.15, -0.1) is 0 Å². The minimum Gasteiger partial charge on any atom is -0.453 e. The van der Waals surface area contributed by atoms with E-state index in [2.05, 4.69) is 6.58 Å². The van der Waals surface area contributed by atoms with E-state index in [-0.39, 0.29) is 12.1 Å². The minimum absolute atomic E-state index is 0.0984. The van der Waals surface area contributed by atoms with Crippen molar-refractivity contribution < 1.29 is 9.53 Å². The van der Waals surface area contributed by atoms with E-state index in [0.29, 0.717) is 0 Å². The van der Waals surface area contributed by atoms with Crippen LogP contribution in [0.15, 0.2) is 43.0 Å². The van der Waals surface area contributed by atoms with E-state index in [1.165, 1.54) is 6.08 Å². The summed E-state index contributed by atoms with van der Waals surface area (Å²) < 4.78 is 5.41. The third kappa shape index (κ3) is 3.71. The van der Waals surface area contributed by atoms with Crippen LogP contribution < -0.4 is 0 Å². The van der Waals surface area contributed by atoms with Crippen LogP contribution in [0.1, 0.15) is 18.6 Å². The van der Waals surface area contributed by atoms with Crippen LogP contribution in [-0.4, -0.2) is 31.0 Å². The van der Waals surface area contributed by atoms with E-state index in [4.69, 9.17) is 4.74 Å². The van der Waals surface area contributed by atoms with Crippen molar-refractivity contribution in [1.82, 2.24) is 4.90 Å². The van der Waals surface area contributed by atoms with Gasteiger partial charge in [-0.3, -0.25) is 0 Å². The normalized spacial score (nSPS) is 14.1. The smallest absolute Gasteiger partial charge is 0.330 e. The molecule has 1 aromatic rings. The summed E-state index contributed by atoms with van der Waals surface area (Å²) in [6.45, 7) is 5.45. The maximum atomic E-state index is 11.4. The van der Waals surface area contributed by atoms with Gasteiger partial charge in [-0.2, -0.15) is 0 Å². The molecule has 0 aromatic heterocycles. The maximum absolute atomic E-state index is 11.4. The molecule has 0 N–H and O–H groups in total. The van der Waals surface area contributed by atoms with Crippen LogP contribution in [0.3, 0.4) is 0 Å². The summed E-state index contributed by atoms with van der Waals surface area (Å²) in [7, 11) is 3.92. The van der Waals surface area contributed by atoms with Crippen molar-refractivity contribution in [2.75, 3.05) is 14.1 Å². The van der Waals surface area contributed by atoms with E-state index < -0.39 is 5.97 Å².